The highest BCUT2D eigenvalue weighted by atomic mass is 32.2. The molecule has 0 saturated heterocycles. The SMILES string of the molecule is CC(CCN)=C1c2ccccc2Sc2ccc(C)cc21. The van der Waals surface area contributed by atoms with Crippen molar-refractivity contribution < 1.29 is 0 Å². The molecule has 0 saturated carbocycles. The molecule has 0 bridgehead atoms. The van der Waals surface area contributed by atoms with E-state index < -0.39 is 0 Å². The zero-order valence-corrected chi connectivity index (χ0v) is 12.8. The van der Waals surface area contributed by atoms with Gasteiger partial charge >= 0.3 is 0 Å². The van der Waals surface area contributed by atoms with Crippen LogP contribution in [0.2, 0.25) is 0 Å². The molecule has 2 aromatic rings. The molecule has 1 aliphatic heterocycles. The van der Waals surface area contributed by atoms with Crippen LogP contribution in [0.3, 0.4) is 0 Å². The van der Waals surface area contributed by atoms with Crippen LogP contribution in [0.4, 0.5) is 0 Å². The van der Waals surface area contributed by atoms with Crippen LogP contribution in [-0.2, 0) is 0 Å². The molecule has 2 N–H and O–H groups in total. The normalized spacial score (nSPS) is 15.6. The van der Waals surface area contributed by atoms with Gasteiger partial charge in [-0.2, -0.15) is 0 Å². The molecule has 0 spiro atoms. The molecule has 0 aliphatic carbocycles. The fourth-order valence-electron chi connectivity index (χ4n) is 2.76. The highest BCUT2D eigenvalue weighted by Gasteiger charge is 2.22. The average Bonchev–Trinajstić information content (AvgIpc) is 2.45. The highest BCUT2D eigenvalue weighted by Crippen LogP contribution is 2.46. The fourth-order valence-corrected chi connectivity index (χ4v) is 3.83. The Balaban J connectivity index is 2.27. The van der Waals surface area contributed by atoms with Crippen LogP contribution in [0.1, 0.15) is 30.0 Å². The van der Waals surface area contributed by atoms with Gasteiger partial charge in [-0.05, 0) is 55.6 Å². The summed E-state index contributed by atoms with van der Waals surface area (Å²) in [6, 6.07) is 15.4. The summed E-state index contributed by atoms with van der Waals surface area (Å²) < 4.78 is 0. The molecule has 2 heteroatoms. The number of aryl methyl sites for hydroxylation is 1. The van der Waals surface area contributed by atoms with Crippen molar-refractivity contribution in [3.8, 4) is 0 Å². The zero-order chi connectivity index (χ0) is 14.1. The molecule has 2 aromatic carbocycles. The topological polar surface area (TPSA) is 26.0 Å². The van der Waals surface area contributed by atoms with Crippen molar-refractivity contribution in [2.24, 2.45) is 5.73 Å². The van der Waals surface area contributed by atoms with Crippen molar-refractivity contribution in [1.82, 2.24) is 0 Å². The molecule has 1 heterocycles. The standard InChI is InChI=1S/C18H19NS/c1-12-7-8-17-15(11-12)18(13(2)9-10-19)14-5-3-4-6-16(14)20-17/h3-8,11H,9-10,19H2,1-2H3. The molecule has 102 valence electrons. The first kappa shape index (κ1) is 13.5. The van der Waals surface area contributed by atoms with Crippen LogP contribution in [-0.4, -0.2) is 6.54 Å². The largest absolute Gasteiger partial charge is 0.330 e. The third-order valence-electron chi connectivity index (χ3n) is 3.73. The van der Waals surface area contributed by atoms with Crippen molar-refractivity contribution in [1.29, 1.82) is 0 Å². The lowest BCUT2D eigenvalue weighted by Crippen LogP contribution is -2.05. The molecule has 3 rings (SSSR count). The van der Waals surface area contributed by atoms with E-state index in [2.05, 4.69) is 56.3 Å². The Hall–Kier alpha value is -1.51. The second kappa shape index (κ2) is 5.47. The van der Waals surface area contributed by atoms with E-state index in [1.165, 1.54) is 37.6 Å². The lowest BCUT2D eigenvalue weighted by atomic mass is 9.91. The van der Waals surface area contributed by atoms with Gasteiger partial charge in [0.2, 0.25) is 0 Å². The van der Waals surface area contributed by atoms with Crippen LogP contribution in [0.15, 0.2) is 57.8 Å². The van der Waals surface area contributed by atoms with E-state index in [-0.39, 0.29) is 0 Å². The van der Waals surface area contributed by atoms with Gasteiger partial charge in [0.15, 0.2) is 0 Å². The van der Waals surface area contributed by atoms with E-state index in [0.717, 1.165) is 6.42 Å². The molecule has 0 aromatic heterocycles. The van der Waals surface area contributed by atoms with Gasteiger partial charge < -0.3 is 5.73 Å². The van der Waals surface area contributed by atoms with Crippen molar-refractivity contribution in [3.05, 3.63) is 64.7 Å². The number of fused-ring (bicyclic) bond motifs is 2. The molecular weight excluding hydrogens is 262 g/mol. The van der Waals surface area contributed by atoms with E-state index in [1.807, 2.05) is 11.8 Å². The molecule has 1 aliphatic rings. The maximum absolute atomic E-state index is 5.77. The number of nitrogens with two attached hydrogens (primary N) is 1. The Morgan fingerprint density at radius 1 is 1.05 bits per heavy atom. The summed E-state index contributed by atoms with van der Waals surface area (Å²) in [5.74, 6) is 0. The molecule has 0 radical (unpaired) electrons. The van der Waals surface area contributed by atoms with Crippen LogP contribution < -0.4 is 5.73 Å². The Bertz CT molecular complexity index is 686. The van der Waals surface area contributed by atoms with Gasteiger partial charge in [0.05, 0.1) is 0 Å². The predicted octanol–water partition coefficient (Wildman–Crippen LogP) is 4.63. The lowest BCUT2D eigenvalue weighted by molar-refractivity contribution is 0.950. The first-order valence-corrected chi connectivity index (χ1v) is 7.80. The highest BCUT2D eigenvalue weighted by molar-refractivity contribution is 7.99. The second-order valence-electron chi connectivity index (χ2n) is 5.29. The summed E-state index contributed by atoms with van der Waals surface area (Å²) in [6.07, 6.45) is 0.946. The molecule has 1 nitrogen and oxygen atoms in total. The Morgan fingerprint density at radius 2 is 1.80 bits per heavy atom. The summed E-state index contributed by atoms with van der Waals surface area (Å²) >= 11 is 1.87. The van der Waals surface area contributed by atoms with Gasteiger partial charge in [-0.3, -0.25) is 0 Å². The molecular formula is C18H19NS. The summed E-state index contributed by atoms with van der Waals surface area (Å²) in [6.45, 7) is 5.06. The number of hydrogen-bond donors (Lipinski definition) is 1. The summed E-state index contributed by atoms with van der Waals surface area (Å²) in [7, 11) is 0. The maximum Gasteiger partial charge on any atom is 0.0201 e. The summed E-state index contributed by atoms with van der Waals surface area (Å²) in [4.78, 5) is 2.69. The summed E-state index contributed by atoms with van der Waals surface area (Å²) in [5, 5.41) is 0. The van der Waals surface area contributed by atoms with Crippen molar-refractivity contribution in [2.45, 2.75) is 30.1 Å². The van der Waals surface area contributed by atoms with Gasteiger partial charge in [0.25, 0.3) is 0 Å². The third kappa shape index (κ3) is 2.30. The molecule has 0 amide bonds. The minimum absolute atomic E-state index is 0.700. The van der Waals surface area contributed by atoms with Gasteiger partial charge in [-0.15, -0.1) is 0 Å². The Labute approximate surface area is 124 Å². The molecule has 0 atom stereocenters. The summed E-state index contributed by atoms with van der Waals surface area (Å²) in [5.41, 5.74) is 12.5. The minimum atomic E-state index is 0.700. The lowest BCUT2D eigenvalue weighted by Gasteiger charge is -2.24. The second-order valence-corrected chi connectivity index (χ2v) is 6.38. The van der Waals surface area contributed by atoms with Gasteiger partial charge in [-0.1, -0.05) is 53.2 Å². The maximum atomic E-state index is 5.77. The number of hydrogen-bond acceptors (Lipinski definition) is 2. The van der Waals surface area contributed by atoms with Crippen LogP contribution in [0.5, 0.6) is 0 Å². The van der Waals surface area contributed by atoms with Crippen molar-refractivity contribution >= 4 is 17.3 Å². The van der Waals surface area contributed by atoms with Gasteiger partial charge in [0, 0.05) is 9.79 Å². The van der Waals surface area contributed by atoms with Crippen molar-refractivity contribution in [2.75, 3.05) is 6.54 Å². The zero-order valence-electron chi connectivity index (χ0n) is 11.9. The van der Waals surface area contributed by atoms with Gasteiger partial charge in [-0.25, -0.2) is 0 Å². The smallest absolute Gasteiger partial charge is 0.0201 e. The predicted molar refractivity (Wildman–Crippen MR) is 87.1 cm³/mol. The fraction of sp³-hybridized carbons (Fsp3) is 0.222. The monoisotopic (exact) mass is 281 g/mol. The minimum Gasteiger partial charge on any atom is -0.330 e. The Morgan fingerprint density at radius 3 is 2.60 bits per heavy atom. The quantitative estimate of drug-likeness (QED) is 0.741. The molecule has 0 unspecified atom stereocenters. The number of rotatable bonds is 2. The van der Waals surface area contributed by atoms with Crippen LogP contribution in [0, 0.1) is 6.92 Å². The van der Waals surface area contributed by atoms with E-state index in [4.69, 9.17) is 5.73 Å². The van der Waals surface area contributed by atoms with Crippen LogP contribution in [0.25, 0.3) is 5.57 Å². The first-order valence-electron chi connectivity index (χ1n) is 6.99. The average molecular weight is 281 g/mol. The third-order valence-corrected chi connectivity index (χ3v) is 4.88. The van der Waals surface area contributed by atoms with E-state index in [0.29, 0.717) is 6.54 Å². The number of benzene rings is 2. The molecule has 20 heavy (non-hydrogen) atoms. The first-order chi connectivity index (χ1) is 9.70. The molecule has 0 fully saturated rings. The van der Waals surface area contributed by atoms with Crippen molar-refractivity contribution in [3.63, 3.8) is 0 Å². The van der Waals surface area contributed by atoms with Crippen LogP contribution >= 0.6 is 11.8 Å². The van der Waals surface area contributed by atoms with E-state index >= 15 is 0 Å². The van der Waals surface area contributed by atoms with Gasteiger partial charge in [0.1, 0.15) is 0 Å². The van der Waals surface area contributed by atoms with E-state index in [1.54, 1.807) is 0 Å². The Kier molecular flexibility index (Phi) is 3.68. The van der Waals surface area contributed by atoms with E-state index in [9.17, 15) is 0 Å².